The Bertz CT molecular complexity index is 736. The van der Waals surface area contributed by atoms with E-state index < -0.39 is 0 Å². The Morgan fingerprint density at radius 2 is 2.14 bits per heavy atom. The molecule has 0 spiro atoms. The molecule has 0 unspecified atom stereocenters. The van der Waals surface area contributed by atoms with Gasteiger partial charge in [0.25, 0.3) is 0 Å². The maximum absolute atomic E-state index is 5.44. The van der Waals surface area contributed by atoms with Crippen LogP contribution in [0, 0.1) is 0 Å². The van der Waals surface area contributed by atoms with E-state index in [-0.39, 0.29) is 24.0 Å². The molecule has 1 aliphatic heterocycles. The molecule has 1 aliphatic rings. The van der Waals surface area contributed by atoms with Gasteiger partial charge in [0.05, 0.1) is 12.2 Å². The Balaban J connectivity index is 0.00000280. The highest BCUT2D eigenvalue weighted by Gasteiger charge is 2.17. The van der Waals surface area contributed by atoms with Gasteiger partial charge < -0.3 is 15.2 Å². The Kier molecular flexibility index (Phi) is 9.73. The Morgan fingerprint density at radius 3 is 2.89 bits per heavy atom. The zero-order chi connectivity index (χ0) is 19.1. The number of aryl methyl sites for hydroxylation is 2. The molecular formula is C20H32IN5OS. The van der Waals surface area contributed by atoms with Gasteiger partial charge in [0.15, 0.2) is 5.96 Å². The lowest BCUT2D eigenvalue weighted by molar-refractivity contribution is 0.260. The van der Waals surface area contributed by atoms with Gasteiger partial charge in [-0.2, -0.15) is 0 Å². The molecule has 28 heavy (non-hydrogen) atoms. The van der Waals surface area contributed by atoms with Crippen molar-refractivity contribution >= 4 is 41.3 Å². The molecule has 0 aliphatic carbocycles. The minimum Gasteiger partial charge on any atom is -0.361 e. The summed E-state index contributed by atoms with van der Waals surface area (Å²) in [5.74, 6) is 1.81. The summed E-state index contributed by atoms with van der Waals surface area (Å²) in [7, 11) is 0. The van der Waals surface area contributed by atoms with E-state index in [1.165, 1.54) is 12.0 Å². The largest absolute Gasteiger partial charge is 0.361 e. The highest BCUT2D eigenvalue weighted by molar-refractivity contribution is 14.0. The van der Waals surface area contributed by atoms with Gasteiger partial charge in [-0.25, -0.2) is 4.99 Å². The summed E-state index contributed by atoms with van der Waals surface area (Å²) in [6.45, 7) is 11.8. The molecule has 0 saturated carbocycles. The maximum Gasteiger partial charge on any atom is 0.191 e. The van der Waals surface area contributed by atoms with E-state index in [0.717, 1.165) is 68.5 Å². The van der Waals surface area contributed by atoms with Crippen molar-refractivity contribution in [1.82, 2.24) is 20.7 Å². The van der Waals surface area contributed by atoms with Gasteiger partial charge in [0.2, 0.25) is 0 Å². The number of thiophene rings is 1. The van der Waals surface area contributed by atoms with E-state index in [9.17, 15) is 0 Å². The molecule has 0 bridgehead atoms. The van der Waals surface area contributed by atoms with Crippen LogP contribution in [0.5, 0.6) is 0 Å². The van der Waals surface area contributed by atoms with Crippen LogP contribution >= 0.6 is 35.3 Å². The smallest absolute Gasteiger partial charge is 0.191 e. The molecule has 6 nitrogen and oxygen atoms in total. The summed E-state index contributed by atoms with van der Waals surface area (Å²) in [6, 6.07) is 2.26. The minimum absolute atomic E-state index is 0. The highest BCUT2D eigenvalue weighted by Crippen LogP contribution is 2.23. The number of guanidine groups is 1. The quantitative estimate of drug-likeness (QED) is 0.319. The van der Waals surface area contributed by atoms with Crippen molar-refractivity contribution in [3.05, 3.63) is 38.9 Å². The zero-order valence-corrected chi connectivity index (χ0v) is 20.2. The summed E-state index contributed by atoms with van der Waals surface area (Å²) < 4.78 is 5.44. The number of hydrogen-bond donors (Lipinski definition) is 2. The molecule has 0 radical (unpaired) electrons. The lowest BCUT2D eigenvalue weighted by atomic mass is 10.1. The van der Waals surface area contributed by atoms with Crippen LogP contribution in [0.25, 0.3) is 0 Å². The average molecular weight is 517 g/mol. The SMILES string of the molecule is CCNC(=NCc1c(CC)noc1CC)NCCN1CCc2sccc2C1.I. The molecule has 0 saturated heterocycles. The third-order valence-electron chi connectivity index (χ3n) is 4.95. The number of aromatic nitrogens is 1. The molecule has 3 rings (SSSR count). The lowest BCUT2D eigenvalue weighted by Crippen LogP contribution is -2.42. The second-order valence-electron chi connectivity index (χ2n) is 6.76. The maximum atomic E-state index is 5.44. The predicted octanol–water partition coefficient (Wildman–Crippen LogP) is 3.59. The summed E-state index contributed by atoms with van der Waals surface area (Å²) >= 11 is 1.89. The molecule has 8 heteroatoms. The molecule has 0 amide bonds. The van der Waals surface area contributed by atoms with E-state index in [2.05, 4.69) is 52.9 Å². The third-order valence-corrected chi connectivity index (χ3v) is 5.98. The van der Waals surface area contributed by atoms with Gasteiger partial charge in [-0.05, 0) is 36.8 Å². The number of fused-ring (bicyclic) bond motifs is 1. The van der Waals surface area contributed by atoms with E-state index in [0.29, 0.717) is 6.54 Å². The number of aliphatic imine (C=N–C) groups is 1. The standard InChI is InChI=1S/C20H31N5OS.HI/c1-4-17-16(18(5-2)26-24-17)13-23-20(21-6-3)22-9-11-25-10-7-19-15(14-25)8-12-27-19;/h8,12H,4-7,9-11,13-14H2,1-3H3,(H2,21,22,23);1H. The van der Waals surface area contributed by atoms with Gasteiger partial charge in [0.1, 0.15) is 5.76 Å². The predicted molar refractivity (Wildman–Crippen MR) is 127 cm³/mol. The average Bonchev–Trinajstić information content (AvgIpc) is 3.31. The first kappa shape index (κ1) is 23.2. The molecule has 2 N–H and O–H groups in total. The summed E-state index contributed by atoms with van der Waals surface area (Å²) in [5.41, 5.74) is 3.66. The van der Waals surface area contributed by atoms with Gasteiger partial charge in [-0.3, -0.25) is 4.90 Å². The van der Waals surface area contributed by atoms with Crippen molar-refractivity contribution in [2.75, 3.05) is 26.2 Å². The fourth-order valence-corrected chi connectivity index (χ4v) is 4.34. The Labute approximate surface area is 189 Å². The summed E-state index contributed by atoms with van der Waals surface area (Å²) in [4.78, 5) is 8.83. The third kappa shape index (κ3) is 5.93. The van der Waals surface area contributed by atoms with Crippen molar-refractivity contribution in [1.29, 1.82) is 0 Å². The van der Waals surface area contributed by atoms with Crippen LogP contribution in [0.3, 0.4) is 0 Å². The van der Waals surface area contributed by atoms with Crippen molar-refractivity contribution in [3.8, 4) is 0 Å². The van der Waals surface area contributed by atoms with Crippen molar-refractivity contribution in [2.45, 2.75) is 53.1 Å². The van der Waals surface area contributed by atoms with Gasteiger partial charge in [-0.15, -0.1) is 35.3 Å². The number of nitrogens with one attached hydrogen (secondary N) is 2. The molecule has 156 valence electrons. The second kappa shape index (κ2) is 11.8. The van der Waals surface area contributed by atoms with Crippen LogP contribution < -0.4 is 10.6 Å². The first-order valence-electron chi connectivity index (χ1n) is 10.0. The first-order chi connectivity index (χ1) is 13.2. The number of halogens is 1. The van der Waals surface area contributed by atoms with Gasteiger partial charge in [-0.1, -0.05) is 19.0 Å². The van der Waals surface area contributed by atoms with E-state index in [1.807, 2.05) is 11.3 Å². The zero-order valence-electron chi connectivity index (χ0n) is 17.1. The first-order valence-corrected chi connectivity index (χ1v) is 10.9. The second-order valence-corrected chi connectivity index (χ2v) is 7.76. The van der Waals surface area contributed by atoms with E-state index in [1.54, 1.807) is 4.88 Å². The molecule has 2 aromatic heterocycles. The van der Waals surface area contributed by atoms with Crippen LogP contribution in [0.1, 0.15) is 48.2 Å². The van der Waals surface area contributed by atoms with Crippen molar-refractivity contribution < 1.29 is 4.52 Å². The molecule has 0 fully saturated rings. The molecule has 2 aromatic rings. The summed E-state index contributed by atoms with van der Waals surface area (Å²) in [5, 5.41) is 13.2. The number of hydrogen-bond acceptors (Lipinski definition) is 5. The van der Waals surface area contributed by atoms with Gasteiger partial charge in [0, 0.05) is 49.6 Å². The summed E-state index contributed by atoms with van der Waals surface area (Å²) in [6.07, 6.45) is 2.90. The number of rotatable bonds is 8. The molecule has 0 aromatic carbocycles. The van der Waals surface area contributed by atoms with E-state index in [4.69, 9.17) is 9.52 Å². The monoisotopic (exact) mass is 517 g/mol. The van der Waals surface area contributed by atoms with E-state index >= 15 is 0 Å². The molecule has 0 atom stereocenters. The van der Waals surface area contributed by atoms with Crippen LogP contribution in [-0.4, -0.2) is 42.2 Å². The van der Waals surface area contributed by atoms with Gasteiger partial charge >= 0.3 is 0 Å². The van der Waals surface area contributed by atoms with Crippen LogP contribution in [0.2, 0.25) is 0 Å². The highest BCUT2D eigenvalue weighted by atomic mass is 127. The Hall–Kier alpha value is -1.13. The minimum atomic E-state index is 0. The van der Waals surface area contributed by atoms with Crippen LogP contribution in [0.15, 0.2) is 21.0 Å². The molecule has 3 heterocycles. The fourth-order valence-electron chi connectivity index (χ4n) is 3.45. The lowest BCUT2D eigenvalue weighted by Gasteiger charge is -2.27. The van der Waals surface area contributed by atoms with Crippen LogP contribution in [-0.2, 0) is 32.4 Å². The van der Waals surface area contributed by atoms with Crippen LogP contribution in [0.4, 0.5) is 0 Å². The fraction of sp³-hybridized carbons (Fsp3) is 0.600. The topological polar surface area (TPSA) is 65.7 Å². The molecular weight excluding hydrogens is 485 g/mol. The Morgan fingerprint density at radius 1 is 1.29 bits per heavy atom. The van der Waals surface area contributed by atoms with Crippen molar-refractivity contribution in [2.24, 2.45) is 4.99 Å². The van der Waals surface area contributed by atoms with Crippen molar-refractivity contribution in [3.63, 3.8) is 0 Å². The number of nitrogens with zero attached hydrogens (tertiary/aromatic N) is 3. The normalized spacial score (nSPS) is 14.5.